The van der Waals surface area contributed by atoms with E-state index in [9.17, 15) is 14.4 Å². The Labute approximate surface area is 286 Å². The van der Waals surface area contributed by atoms with Crippen molar-refractivity contribution in [3.8, 4) is 0 Å². The molecule has 0 heterocycles. The number of imide groups is 1. The van der Waals surface area contributed by atoms with Gasteiger partial charge in [-0.25, -0.2) is 0 Å². The van der Waals surface area contributed by atoms with Crippen molar-refractivity contribution in [1.82, 2.24) is 5.32 Å². The van der Waals surface area contributed by atoms with Crippen molar-refractivity contribution in [2.24, 2.45) is 46.0 Å². The number of amides is 3. The van der Waals surface area contributed by atoms with Gasteiger partial charge < -0.3 is 22.5 Å². The fourth-order valence-corrected chi connectivity index (χ4v) is 10.2. The Balaban J connectivity index is 1.20. The number of hydrogen-bond donors (Lipinski definition) is 5. The molecule has 4 aliphatic rings. The lowest BCUT2D eigenvalue weighted by Crippen LogP contribution is -2.57. The van der Waals surface area contributed by atoms with E-state index in [4.69, 9.17) is 17.2 Å². The molecule has 8 heteroatoms. The minimum atomic E-state index is -0.666. The fourth-order valence-electron chi connectivity index (χ4n) is 10.2. The lowest BCUT2D eigenvalue weighted by atomic mass is 9.52. The number of rotatable bonds is 8. The van der Waals surface area contributed by atoms with Gasteiger partial charge in [0.15, 0.2) is 0 Å². The Hall–Kier alpha value is -3.23. The van der Waals surface area contributed by atoms with E-state index in [1.807, 2.05) is 12.1 Å². The molecule has 0 unspecified atom stereocenters. The van der Waals surface area contributed by atoms with Gasteiger partial charge in [0.25, 0.3) is 0 Å². The second kappa shape index (κ2) is 13.6. The molecular weight excluding hydrogens is 598 g/mol. The third-order valence-corrected chi connectivity index (χ3v) is 13.3. The number of benzene rings is 2. The molecule has 2 fully saturated rings. The molecule has 3 amide bonds. The summed E-state index contributed by atoms with van der Waals surface area (Å²) in [7, 11) is 0. The van der Waals surface area contributed by atoms with Crippen LogP contribution in [0.25, 0.3) is 0 Å². The van der Waals surface area contributed by atoms with Gasteiger partial charge in [0.1, 0.15) is 0 Å². The van der Waals surface area contributed by atoms with E-state index in [0.717, 1.165) is 75.6 Å². The van der Waals surface area contributed by atoms with Crippen molar-refractivity contribution >= 4 is 29.1 Å². The molecule has 0 radical (unpaired) electrons. The van der Waals surface area contributed by atoms with Crippen LogP contribution in [0.4, 0.5) is 11.4 Å². The molecule has 0 aliphatic heterocycles. The first-order valence-corrected chi connectivity index (χ1v) is 18.5. The van der Waals surface area contributed by atoms with Crippen LogP contribution in [0.1, 0.15) is 120 Å². The number of nitrogens with two attached hydrogens (primary N) is 3. The summed E-state index contributed by atoms with van der Waals surface area (Å²) in [6, 6.07) is 11.9. The summed E-state index contributed by atoms with van der Waals surface area (Å²) in [5.41, 5.74) is 23.4. The van der Waals surface area contributed by atoms with Crippen molar-refractivity contribution in [1.29, 1.82) is 0 Å². The number of unbranched alkanes of at least 4 members (excludes halogenated alkanes) is 1. The number of nitrogen functional groups attached to an aromatic ring is 1. The molecule has 8 N–H and O–H groups in total. The molecule has 0 bridgehead atoms. The minimum Gasteiger partial charge on any atom is -0.399 e. The lowest BCUT2D eigenvalue weighted by Gasteiger charge is -2.52. The predicted octanol–water partition coefficient (Wildman–Crippen LogP) is 6.17. The topological polar surface area (TPSA) is 153 Å². The van der Waals surface area contributed by atoms with Crippen LogP contribution >= 0.6 is 0 Å². The maximum atomic E-state index is 14.4. The van der Waals surface area contributed by atoms with E-state index in [1.54, 1.807) is 0 Å². The highest BCUT2D eigenvalue weighted by molar-refractivity contribution is 6.01. The zero-order valence-corrected chi connectivity index (χ0v) is 29.4. The number of aryl methyl sites for hydroxylation is 2. The third-order valence-electron chi connectivity index (χ3n) is 13.3. The Morgan fingerprint density at radius 1 is 0.812 bits per heavy atom. The molecule has 260 valence electrons. The molecule has 8 nitrogen and oxygen atoms in total. The standard InChI is InChI=1S/C40H57N5O3/c1-23-16-18-39(3,31-14-10-25-8-12-27(42)21-29(25)34(23)31)37(47)45-38(48)40(4)19-17-24(2)35-30-22-28(13-9-26(30)11-15-32(35)40)44-36(46)33(43)7-5-6-20-41/h8-9,12-13,21-24,31-35H,5-7,10-11,14-20,41-43H2,1-4H3,(H,44,46)(H,45,47,48)/t23-,24-,31+,32+,33-,34+,35+,39-,40-/m0/s1. The molecule has 6 rings (SSSR count). The van der Waals surface area contributed by atoms with E-state index in [-0.39, 0.29) is 41.4 Å². The normalized spacial score (nSPS) is 32.9. The van der Waals surface area contributed by atoms with E-state index in [0.29, 0.717) is 24.8 Å². The van der Waals surface area contributed by atoms with Crippen LogP contribution < -0.4 is 27.8 Å². The number of anilines is 2. The van der Waals surface area contributed by atoms with E-state index < -0.39 is 16.9 Å². The smallest absolute Gasteiger partial charge is 0.241 e. The fraction of sp³-hybridized carbons (Fsp3) is 0.625. The first-order valence-electron chi connectivity index (χ1n) is 18.5. The number of nitrogens with one attached hydrogen (secondary N) is 2. The lowest BCUT2D eigenvalue weighted by molar-refractivity contribution is -0.149. The van der Waals surface area contributed by atoms with Gasteiger partial charge >= 0.3 is 0 Å². The average molecular weight is 656 g/mol. The van der Waals surface area contributed by atoms with Crippen molar-refractivity contribution in [3.05, 3.63) is 58.7 Å². The van der Waals surface area contributed by atoms with Crippen molar-refractivity contribution in [2.45, 2.75) is 116 Å². The van der Waals surface area contributed by atoms with Crippen LogP contribution in [0.2, 0.25) is 0 Å². The number of fused-ring (bicyclic) bond motifs is 6. The van der Waals surface area contributed by atoms with Crippen molar-refractivity contribution < 1.29 is 14.4 Å². The second-order valence-corrected chi connectivity index (χ2v) is 16.2. The SMILES string of the molecule is C[C@H]1CC[C@](C)(C(=O)NC(=O)[C@@]2(C)CC[C@H](C)[C@@H]3c4cc(NC(=O)[C@@H](N)CCCCN)ccc4CC[C@H]32)[C@@H]2CCc3ccc(N)cc3[C@H]21. The monoisotopic (exact) mass is 655 g/mol. The molecule has 2 saturated carbocycles. The Bertz CT molecular complexity index is 1560. The predicted molar refractivity (Wildman–Crippen MR) is 192 cm³/mol. The summed E-state index contributed by atoms with van der Waals surface area (Å²) in [4.78, 5) is 41.7. The average Bonchev–Trinajstić information content (AvgIpc) is 3.07. The highest BCUT2D eigenvalue weighted by Crippen LogP contribution is 2.58. The summed E-state index contributed by atoms with van der Waals surface area (Å²) in [5.74, 6) is 1.11. The molecule has 2 aromatic rings. The number of hydrogen-bond acceptors (Lipinski definition) is 6. The molecule has 0 aromatic heterocycles. The van der Waals surface area contributed by atoms with Gasteiger partial charge in [-0.1, -0.05) is 46.2 Å². The Morgan fingerprint density at radius 2 is 1.35 bits per heavy atom. The molecule has 48 heavy (non-hydrogen) atoms. The van der Waals surface area contributed by atoms with E-state index in [2.05, 4.69) is 62.6 Å². The van der Waals surface area contributed by atoms with Gasteiger partial charge in [0.2, 0.25) is 17.7 Å². The first-order chi connectivity index (χ1) is 22.9. The van der Waals surface area contributed by atoms with Gasteiger partial charge in [-0.15, -0.1) is 0 Å². The van der Waals surface area contributed by atoms with E-state index in [1.165, 1.54) is 22.3 Å². The minimum absolute atomic E-state index is 0.0995. The molecule has 4 aliphatic carbocycles. The Morgan fingerprint density at radius 3 is 1.92 bits per heavy atom. The molecule has 0 spiro atoms. The third kappa shape index (κ3) is 6.19. The second-order valence-electron chi connectivity index (χ2n) is 16.2. The number of carbonyl (C=O) groups excluding carboxylic acids is 3. The zero-order valence-electron chi connectivity index (χ0n) is 29.4. The largest absolute Gasteiger partial charge is 0.399 e. The molecule has 0 saturated heterocycles. The summed E-state index contributed by atoms with van der Waals surface area (Å²) < 4.78 is 0. The van der Waals surface area contributed by atoms with Crippen molar-refractivity contribution in [3.63, 3.8) is 0 Å². The zero-order chi connectivity index (χ0) is 34.4. The van der Waals surface area contributed by atoms with Gasteiger partial charge in [0, 0.05) is 11.4 Å². The molecule has 2 aromatic carbocycles. The quantitative estimate of drug-likeness (QED) is 0.130. The van der Waals surface area contributed by atoms with Crippen LogP contribution in [0, 0.1) is 34.5 Å². The van der Waals surface area contributed by atoms with Crippen LogP contribution in [-0.2, 0) is 27.2 Å². The molecule has 9 atom stereocenters. The van der Waals surface area contributed by atoms with Gasteiger partial charge in [-0.05, 0) is 153 Å². The van der Waals surface area contributed by atoms with Gasteiger partial charge in [0.05, 0.1) is 16.9 Å². The maximum Gasteiger partial charge on any atom is 0.241 e. The summed E-state index contributed by atoms with van der Waals surface area (Å²) in [6.45, 7) is 9.37. The highest BCUT2D eigenvalue weighted by Gasteiger charge is 2.55. The van der Waals surface area contributed by atoms with Crippen molar-refractivity contribution in [2.75, 3.05) is 17.6 Å². The first kappa shape index (κ1) is 34.6. The van der Waals surface area contributed by atoms with Crippen LogP contribution in [-0.4, -0.2) is 30.3 Å². The van der Waals surface area contributed by atoms with Crippen LogP contribution in [0.5, 0.6) is 0 Å². The van der Waals surface area contributed by atoms with Gasteiger partial charge in [-0.3, -0.25) is 19.7 Å². The van der Waals surface area contributed by atoms with Crippen LogP contribution in [0.15, 0.2) is 36.4 Å². The maximum absolute atomic E-state index is 14.4. The van der Waals surface area contributed by atoms with E-state index >= 15 is 0 Å². The van der Waals surface area contributed by atoms with Crippen LogP contribution in [0.3, 0.4) is 0 Å². The highest BCUT2D eigenvalue weighted by atomic mass is 16.2. The van der Waals surface area contributed by atoms with Gasteiger partial charge in [-0.2, -0.15) is 0 Å². The summed E-state index contributed by atoms with van der Waals surface area (Å²) >= 11 is 0. The summed E-state index contributed by atoms with van der Waals surface area (Å²) in [5, 5.41) is 6.09. The molecular formula is C40H57N5O3. The Kier molecular flexibility index (Phi) is 9.80. The number of carbonyl (C=O) groups is 3. The summed E-state index contributed by atoms with van der Waals surface area (Å²) in [6.07, 6.45) is 9.30.